The lowest BCUT2D eigenvalue weighted by molar-refractivity contribution is 0.0981. The van der Waals surface area contributed by atoms with Gasteiger partial charge in [-0.25, -0.2) is 14.7 Å². The maximum Gasteiger partial charge on any atom is 0.281 e. The highest BCUT2D eigenvalue weighted by Gasteiger charge is 2.45. The van der Waals surface area contributed by atoms with Gasteiger partial charge in [0.2, 0.25) is 0 Å². The van der Waals surface area contributed by atoms with E-state index in [4.69, 9.17) is 10.7 Å². The number of carbonyl (C=O) groups is 1. The van der Waals surface area contributed by atoms with Gasteiger partial charge in [0, 0.05) is 23.2 Å². The van der Waals surface area contributed by atoms with E-state index in [0.717, 1.165) is 24.6 Å². The van der Waals surface area contributed by atoms with Crippen molar-refractivity contribution in [2.75, 3.05) is 17.2 Å². The fraction of sp³-hybridized carbons (Fsp3) is 0.560. The summed E-state index contributed by atoms with van der Waals surface area (Å²) in [5.41, 5.74) is 6.30. The molecule has 1 unspecified atom stereocenters. The van der Waals surface area contributed by atoms with Crippen molar-refractivity contribution in [1.82, 2.24) is 14.7 Å². The highest BCUT2D eigenvalue weighted by molar-refractivity contribution is 7.90. The molecule has 0 spiro atoms. The van der Waals surface area contributed by atoms with Crippen LogP contribution in [-0.4, -0.2) is 36.4 Å². The number of pyridine rings is 2. The molecule has 4 rings (SSSR count). The minimum absolute atomic E-state index is 0.0627. The maximum absolute atomic E-state index is 13.3. The zero-order chi connectivity index (χ0) is 24.9. The summed E-state index contributed by atoms with van der Waals surface area (Å²) in [5, 5.41) is -0.298. The number of carbonyl (C=O) groups excluding carboxylic acids is 1. The van der Waals surface area contributed by atoms with E-state index in [9.17, 15) is 13.2 Å². The van der Waals surface area contributed by atoms with Crippen molar-refractivity contribution < 1.29 is 13.2 Å². The van der Waals surface area contributed by atoms with Crippen LogP contribution in [0.2, 0.25) is 0 Å². The molecular formula is C25H35N5O3S. The fourth-order valence-electron chi connectivity index (χ4n) is 4.75. The minimum atomic E-state index is -4.19. The van der Waals surface area contributed by atoms with Gasteiger partial charge in [-0.2, -0.15) is 8.42 Å². The first-order valence-corrected chi connectivity index (χ1v) is 13.4. The molecule has 1 saturated heterocycles. The van der Waals surface area contributed by atoms with E-state index < -0.39 is 15.9 Å². The third kappa shape index (κ3) is 4.89. The van der Waals surface area contributed by atoms with Crippen LogP contribution in [0.25, 0.3) is 0 Å². The molecule has 34 heavy (non-hydrogen) atoms. The average molecular weight is 486 g/mol. The Morgan fingerprint density at radius 3 is 2.47 bits per heavy atom. The number of amides is 1. The zero-order valence-corrected chi connectivity index (χ0v) is 21.4. The molecule has 1 saturated carbocycles. The molecule has 0 bridgehead atoms. The van der Waals surface area contributed by atoms with Crippen LogP contribution in [0, 0.1) is 11.8 Å². The largest absolute Gasteiger partial charge is 0.384 e. The summed E-state index contributed by atoms with van der Waals surface area (Å²) in [6.07, 6.45) is 4.80. The number of aromatic nitrogens is 2. The van der Waals surface area contributed by atoms with E-state index in [1.165, 1.54) is 37.5 Å². The smallest absolute Gasteiger partial charge is 0.281 e. The molecule has 0 aromatic carbocycles. The molecule has 1 aliphatic heterocycles. The van der Waals surface area contributed by atoms with Crippen molar-refractivity contribution in [3.05, 3.63) is 41.6 Å². The third-order valence-electron chi connectivity index (χ3n) is 7.10. The van der Waals surface area contributed by atoms with Crippen LogP contribution in [0.15, 0.2) is 35.4 Å². The summed E-state index contributed by atoms with van der Waals surface area (Å²) in [5.74, 6) is 1.17. The molecule has 9 heteroatoms. The van der Waals surface area contributed by atoms with Gasteiger partial charge < -0.3 is 10.6 Å². The van der Waals surface area contributed by atoms with Crippen LogP contribution in [-0.2, 0) is 15.4 Å². The van der Waals surface area contributed by atoms with Gasteiger partial charge in [0.15, 0.2) is 5.03 Å². The summed E-state index contributed by atoms with van der Waals surface area (Å²) < 4.78 is 27.9. The van der Waals surface area contributed by atoms with Crippen molar-refractivity contribution in [2.45, 2.75) is 76.3 Å². The molecule has 1 aliphatic carbocycles. The Kier molecular flexibility index (Phi) is 6.12. The van der Waals surface area contributed by atoms with Gasteiger partial charge in [0.25, 0.3) is 15.9 Å². The van der Waals surface area contributed by atoms with E-state index in [-0.39, 0.29) is 27.4 Å². The summed E-state index contributed by atoms with van der Waals surface area (Å²) in [4.78, 5) is 24.3. The monoisotopic (exact) mass is 485 g/mol. The quantitative estimate of drug-likeness (QED) is 0.637. The van der Waals surface area contributed by atoms with Crippen molar-refractivity contribution in [1.29, 1.82) is 0 Å². The molecule has 2 fully saturated rings. The minimum Gasteiger partial charge on any atom is -0.384 e. The van der Waals surface area contributed by atoms with Crippen molar-refractivity contribution in [3.63, 3.8) is 0 Å². The molecule has 0 radical (unpaired) electrons. The van der Waals surface area contributed by atoms with Gasteiger partial charge in [-0.3, -0.25) is 4.79 Å². The number of nitrogens with two attached hydrogens (primary N) is 1. The Bertz CT molecular complexity index is 1200. The second-order valence-electron chi connectivity index (χ2n) is 11.1. The van der Waals surface area contributed by atoms with Gasteiger partial charge in [-0.15, -0.1) is 0 Å². The molecule has 184 valence electrons. The summed E-state index contributed by atoms with van der Waals surface area (Å²) in [7, 11) is -4.19. The molecular weight excluding hydrogens is 450 g/mol. The molecule has 1 atom stereocenters. The maximum atomic E-state index is 13.3. The van der Waals surface area contributed by atoms with Crippen LogP contribution in [0.4, 0.5) is 11.6 Å². The molecule has 1 amide bonds. The number of hydrogen-bond donors (Lipinski definition) is 2. The number of nitrogens with zero attached hydrogens (tertiary/aromatic N) is 3. The normalized spacial score (nSPS) is 20.4. The second kappa shape index (κ2) is 8.52. The van der Waals surface area contributed by atoms with Crippen molar-refractivity contribution in [3.8, 4) is 0 Å². The summed E-state index contributed by atoms with van der Waals surface area (Å²) in [6, 6.07) is 7.76. The Labute approximate surface area is 202 Å². The van der Waals surface area contributed by atoms with E-state index in [1.807, 2.05) is 0 Å². The predicted molar refractivity (Wildman–Crippen MR) is 133 cm³/mol. The molecule has 8 nitrogen and oxygen atoms in total. The van der Waals surface area contributed by atoms with Crippen LogP contribution in [0.3, 0.4) is 0 Å². The number of hydrogen-bond acceptors (Lipinski definition) is 7. The van der Waals surface area contributed by atoms with Gasteiger partial charge >= 0.3 is 0 Å². The first kappa shape index (κ1) is 24.4. The van der Waals surface area contributed by atoms with E-state index in [1.54, 1.807) is 12.1 Å². The molecule has 2 aromatic rings. The lowest BCUT2D eigenvalue weighted by Crippen LogP contribution is -2.45. The van der Waals surface area contributed by atoms with Crippen LogP contribution in [0.1, 0.15) is 76.4 Å². The number of nitrogens with one attached hydrogen (secondary N) is 1. The van der Waals surface area contributed by atoms with Crippen molar-refractivity contribution >= 4 is 27.6 Å². The van der Waals surface area contributed by atoms with Gasteiger partial charge in [0.1, 0.15) is 11.6 Å². The number of rotatable bonds is 6. The van der Waals surface area contributed by atoms with Gasteiger partial charge in [0.05, 0.1) is 5.56 Å². The highest BCUT2D eigenvalue weighted by atomic mass is 32.2. The third-order valence-corrected chi connectivity index (χ3v) is 8.33. The molecule has 2 aromatic heterocycles. The van der Waals surface area contributed by atoms with Crippen LogP contribution < -0.4 is 15.4 Å². The molecule has 3 N–H and O–H groups in total. The lowest BCUT2D eigenvalue weighted by atomic mass is 9.84. The SMILES string of the molecule is CC(C)(C)c1ccc(C(=O)NS(=O)(=O)c2cccc(N)n2)c(N2CCC(CC3CC3)C2(C)C)n1. The average Bonchev–Trinajstić information content (AvgIpc) is 3.50. The van der Waals surface area contributed by atoms with E-state index in [0.29, 0.717) is 11.7 Å². The standard InChI is InChI=1S/C25H35N5O3S/c1-24(2,3)19-12-11-18(23(31)29-34(32,33)21-8-6-7-20(26)28-21)22(27-19)30-14-13-17(25(30,4)5)15-16-9-10-16/h6-8,11-12,16-17H,9-10,13-15H2,1-5H3,(H2,26,28)(H,29,31). The van der Waals surface area contributed by atoms with Gasteiger partial charge in [-0.05, 0) is 62.8 Å². The Morgan fingerprint density at radius 2 is 1.85 bits per heavy atom. The molecule has 3 heterocycles. The molecule has 2 aliphatic rings. The van der Waals surface area contributed by atoms with E-state index in [2.05, 4.69) is 49.2 Å². The highest BCUT2D eigenvalue weighted by Crippen LogP contribution is 2.46. The van der Waals surface area contributed by atoms with Crippen molar-refractivity contribution in [2.24, 2.45) is 11.8 Å². The first-order valence-electron chi connectivity index (χ1n) is 11.9. The zero-order valence-electron chi connectivity index (χ0n) is 20.6. The summed E-state index contributed by atoms with van der Waals surface area (Å²) >= 11 is 0. The van der Waals surface area contributed by atoms with E-state index >= 15 is 0 Å². The Hall–Kier alpha value is -2.68. The van der Waals surface area contributed by atoms with Crippen LogP contribution in [0.5, 0.6) is 0 Å². The predicted octanol–water partition coefficient (Wildman–Crippen LogP) is 3.88. The number of nitrogen functional groups attached to an aromatic ring is 1. The first-order chi connectivity index (χ1) is 15.8. The Morgan fingerprint density at radius 1 is 1.15 bits per heavy atom. The topological polar surface area (TPSA) is 118 Å². The Balaban J connectivity index is 1.70. The van der Waals surface area contributed by atoms with Crippen LogP contribution >= 0.6 is 0 Å². The second-order valence-corrected chi connectivity index (χ2v) is 12.8. The van der Waals surface area contributed by atoms with Gasteiger partial charge in [-0.1, -0.05) is 39.7 Å². The summed E-state index contributed by atoms with van der Waals surface area (Å²) in [6.45, 7) is 11.4. The number of anilines is 2. The number of sulfonamides is 1. The fourth-order valence-corrected chi connectivity index (χ4v) is 5.69. The lowest BCUT2D eigenvalue weighted by Gasteiger charge is -2.38.